The first kappa shape index (κ1) is 55.5. The van der Waals surface area contributed by atoms with E-state index >= 15 is 0 Å². The fraction of sp³-hybridized carbons (Fsp3) is 0.814. The van der Waals surface area contributed by atoms with Crippen LogP contribution in [0.4, 0.5) is 4.79 Å². The van der Waals surface area contributed by atoms with Gasteiger partial charge in [-0.2, -0.15) is 0 Å². The predicted octanol–water partition coefficient (Wildman–Crippen LogP) is 4.41. The molecule has 0 aliphatic carbocycles. The Morgan fingerprint density at radius 2 is 0.733 bits per heavy atom. The summed E-state index contributed by atoms with van der Waals surface area (Å²) < 4.78 is 76.0. The van der Waals surface area contributed by atoms with Gasteiger partial charge in [-0.15, -0.1) is 0 Å². The Morgan fingerprint density at radius 1 is 0.400 bits per heavy atom. The van der Waals surface area contributed by atoms with Crippen LogP contribution in [0.1, 0.15) is 57.4 Å². The van der Waals surface area contributed by atoms with E-state index in [1.165, 1.54) is 25.7 Å². The smallest absolute Gasteiger partial charge is 0.407 e. The Bertz CT molecular complexity index is 1030. The van der Waals surface area contributed by atoms with Crippen molar-refractivity contribution in [1.29, 1.82) is 0 Å². The molecule has 1 aromatic rings. The minimum absolute atomic E-state index is 0.149. The lowest BCUT2D eigenvalue weighted by atomic mass is 10.1. The number of ether oxygens (including phenoxy) is 14. The van der Waals surface area contributed by atoms with Crippen molar-refractivity contribution in [2.75, 3.05) is 172 Å². The van der Waals surface area contributed by atoms with Crippen LogP contribution in [0.5, 0.6) is 0 Å². The number of carbonyl (C=O) groups excluding carboxylic acids is 2. The minimum atomic E-state index is -0.473. The SMILES string of the molecule is CCCCCCCCC(=O)OCCOCCOCCOCCOCCOCCOCCOCCOCCOCCOCCOCCOCCNC(=O)OCc1ccccc1. The lowest BCUT2D eigenvalue weighted by Crippen LogP contribution is -2.28. The van der Waals surface area contributed by atoms with Gasteiger partial charge in [0.15, 0.2) is 0 Å². The maximum atomic E-state index is 11.7. The molecule has 0 saturated carbocycles. The van der Waals surface area contributed by atoms with Crippen LogP contribution in [0.2, 0.25) is 0 Å². The number of unbranched alkanes of at least 4 members (excludes halogenated alkanes) is 5. The molecule has 0 aliphatic heterocycles. The van der Waals surface area contributed by atoms with Crippen LogP contribution in [0.3, 0.4) is 0 Å². The number of rotatable bonds is 48. The second-order valence-electron chi connectivity index (χ2n) is 13.1. The lowest BCUT2D eigenvalue weighted by Gasteiger charge is -2.09. The average Bonchev–Trinajstić information content (AvgIpc) is 3.26. The minimum Gasteiger partial charge on any atom is -0.463 e. The zero-order valence-corrected chi connectivity index (χ0v) is 36.5. The lowest BCUT2D eigenvalue weighted by molar-refractivity contribution is -0.145. The van der Waals surface area contributed by atoms with Crippen LogP contribution in [-0.4, -0.2) is 184 Å². The standard InChI is InChI=1S/C43H77NO16/c1-2-3-4-5-6-10-13-42(45)59-39-38-58-37-36-57-35-34-56-33-32-55-31-30-54-29-28-53-27-26-52-25-24-51-23-22-50-21-20-49-19-18-48-17-16-47-15-14-44-43(46)60-40-41-11-8-7-9-12-41/h7-9,11-12H,2-6,10,13-40H2,1H3,(H,44,46). The second-order valence-corrected chi connectivity index (χ2v) is 13.1. The molecule has 17 nitrogen and oxygen atoms in total. The first-order chi connectivity index (χ1) is 29.7. The number of esters is 1. The topological polar surface area (TPSA) is 175 Å². The summed E-state index contributed by atoms with van der Waals surface area (Å²) in [4.78, 5) is 23.4. The van der Waals surface area contributed by atoms with Crippen molar-refractivity contribution < 1.29 is 75.9 Å². The van der Waals surface area contributed by atoms with Crippen molar-refractivity contribution in [1.82, 2.24) is 5.32 Å². The van der Waals surface area contributed by atoms with Crippen molar-refractivity contribution in [2.24, 2.45) is 0 Å². The molecular weight excluding hydrogens is 786 g/mol. The molecule has 0 radical (unpaired) electrons. The van der Waals surface area contributed by atoms with Gasteiger partial charge in [0.2, 0.25) is 0 Å². The third-order valence-corrected chi connectivity index (χ3v) is 8.05. The molecule has 0 fully saturated rings. The highest BCUT2D eigenvalue weighted by molar-refractivity contribution is 5.69. The van der Waals surface area contributed by atoms with Crippen LogP contribution < -0.4 is 5.32 Å². The van der Waals surface area contributed by atoms with E-state index in [-0.39, 0.29) is 19.2 Å². The van der Waals surface area contributed by atoms with E-state index < -0.39 is 6.09 Å². The number of alkyl carbamates (subject to hydrolysis) is 1. The van der Waals surface area contributed by atoms with Crippen LogP contribution >= 0.6 is 0 Å². The van der Waals surface area contributed by atoms with Crippen LogP contribution in [-0.2, 0) is 77.7 Å². The van der Waals surface area contributed by atoms with Crippen molar-refractivity contribution in [3.63, 3.8) is 0 Å². The van der Waals surface area contributed by atoms with E-state index in [4.69, 9.17) is 66.3 Å². The molecule has 0 unspecified atom stereocenters. The van der Waals surface area contributed by atoms with Crippen molar-refractivity contribution in [2.45, 2.75) is 58.5 Å². The Labute approximate surface area is 358 Å². The molecule has 0 saturated heterocycles. The number of carbonyl (C=O) groups is 2. The summed E-state index contributed by atoms with van der Waals surface area (Å²) in [6.07, 6.45) is 6.91. The van der Waals surface area contributed by atoms with Crippen LogP contribution in [0.15, 0.2) is 30.3 Å². The third kappa shape index (κ3) is 43.6. The van der Waals surface area contributed by atoms with Gasteiger partial charge in [0.05, 0.1) is 159 Å². The van der Waals surface area contributed by atoms with Crippen molar-refractivity contribution in [3.05, 3.63) is 35.9 Å². The third-order valence-electron chi connectivity index (χ3n) is 8.05. The molecule has 0 aliphatic rings. The van der Waals surface area contributed by atoms with Gasteiger partial charge in [0.1, 0.15) is 13.2 Å². The number of benzene rings is 1. The molecule has 1 aromatic carbocycles. The summed E-state index contributed by atoms with van der Waals surface area (Å²) in [7, 11) is 0. The van der Waals surface area contributed by atoms with Gasteiger partial charge in [-0.05, 0) is 12.0 Å². The summed E-state index contributed by atoms with van der Waals surface area (Å²) in [5, 5.41) is 2.64. The monoisotopic (exact) mass is 864 g/mol. The fourth-order valence-corrected chi connectivity index (χ4v) is 4.86. The molecule has 0 atom stereocenters. The first-order valence-corrected chi connectivity index (χ1v) is 21.8. The summed E-state index contributed by atoms with van der Waals surface area (Å²) >= 11 is 0. The van der Waals surface area contributed by atoms with Gasteiger partial charge in [0, 0.05) is 13.0 Å². The van der Waals surface area contributed by atoms with Crippen LogP contribution in [0, 0.1) is 0 Å². The van der Waals surface area contributed by atoms with E-state index in [0.717, 1.165) is 18.4 Å². The van der Waals surface area contributed by atoms with Gasteiger partial charge in [-0.1, -0.05) is 69.4 Å². The van der Waals surface area contributed by atoms with Gasteiger partial charge in [0.25, 0.3) is 0 Å². The van der Waals surface area contributed by atoms with E-state index in [9.17, 15) is 9.59 Å². The molecule has 1 amide bonds. The van der Waals surface area contributed by atoms with Gasteiger partial charge < -0.3 is 71.6 Å². The second kappa shape index (κ2) is 47.5. The highest BCUT2D eigenvalue weighted by Gasteiger charge is 2.04. The Kier molecular flexibility index (Phi) is 44.0. The maximum absolute atomic E-state index is 11.7. The summed E-state index contributed by atoms with van der Waals surface area (Å²) in [6, 6.07) is 9.50. The molecule has 0 spiro atoms. The number of amides is 1. The molecule has 0 bridgehead atoms. The summed E-state index contributed by atoms with van der Waals surface area (Å²) in [6.45, 7) is 14.3. The molecule has 0 heterocycles. The molecule has 0 aromatic heterocycles. The molecule has 1 rings (SSSR count). The summed E-state index contributed by atoms with van der Waals surface area (Å²) in [5.41, 5.74) is 0.934. The highest BCUT2D eigenvalue weighted by atomic mass is 16.6. The van der Waals surface area contributed by atoms with E-state index in [1.54, 1.807) is 0 Å². The predicted molar refractivity (Wildman–Crippen MR) is 223 cm³/mol. The zero-order valence-electron chi connectivity index (χ0n) is 36.5. The normalized spacial score (nSPS) is 11.3. The maximum Gasteiger partial charge on any atom is 0.407 e. The molecule has 1 N–H and O–H groups in total. The fourth-order valence-electron chi connectivity index (χ4n) is 4.86. The molecule has 17 heteroatoms. The number of hydrogen-bond donors (Lipinski definition) is 1. The van der Waals surface area contributed by atoms with E-state index in [0.29, 0.717) is 172 Å². The van der Waals surface area contributed by atoms with Gasteiger partial charge in [-0.3, -0.25) is 4.79 Å². The largest absolute Gasteiger partial charge is 0.463 e. The zero-order chi connectivity index (χ0) is 42.9. The molecule has 350 valence electrons. The Morgan fingerprint density at radius 3 is 1.12 bits per heavy atom. The summed E-state index contributed by atoms with van der Waals surface area (Å²) in [5.74, 6) is -0.149. The van der Waals surface area contributed by atoms with E-state index in [1.807, 2.05) is 30.3 Å². The van der Waals surface area contributed by atoms with Crippen LogP contribution in [0.25, 0.3) is 0 Å². The molecule has 60 heavy (non-hydrogen) atoms. The quantitative estimate of drug-likeness (QED) is 0.0720. The van der Waals surface area contributed by atoms with Gasteiger partial charge >= 0.3 is 12.1 Å². The number of nitrogens with one attached hydrogen (secondary N) is 1. The molecular formula is C43H77NO16. The van der Waals surface area contributed by atoms with E-state index in [2.05, 4.69) is 12.2 Å². The van der Waals surface area contributed by atoms with Gasteiger partial charge in [-0.25, -0.2) is 4.79 Å². The Hall–Kier alpha value is -2.52. The Balaban J connectivity index is 1.63. The average molecular weight is 864 g/mol. The van der Waals surface area contributed by atoms with Crippen molar-refractivity contribution >= 4 is 12.1 Å². The highest BCUT2D eigenvalue weighted by Crippen LogP contribution is 2.07. The number of hydrogen-bond acceptors (Lipinski definition) is 16. The first-order valence-electron chi connectivity index (χ1n) is 21.8. The van der Waals surface area contributed by atoms with Crippen molar-refractivity contribution in [3.8, 4) is 0 Å².